The Kier molecular flexibility index (Phi) is 40.4. The van der Waals surface area contributed by atoms with E-state index in [1.807, 2.05) is 0 Å². The van der Waals surface area contributed by atoms with E-state index in [2.05, 4.69) is 32.9 Å². The minimum absolute atomic E-state index is 0.0695. The molecule has 0 radical (unpaired) electrons. The first-order valence-electron chi connectivity index (χ1n) is 22.7. The predicted molar refractivity (Wildman–Crippen MR) is 220 cm³/mol. The first-order chi connectivity index (χ1) is 25.5. The molecule has 6 nitrogen and oxygen atoms in total. The number of allylic oxidation sites excluding steroid dienone is 2. The molecule has 0 amide bonds. The van der Waals surface area contributed by atoms with Gasteiger partial charge in [-0.3, -0.25) is 14.4 Å². The lowest BCUT2D eigenvalue weighted by molar-refractivity contribution is -0.167. The van der Waals surface area contributed by atoms with Gasteiger partial charge in [0.25, 0.3) is 0 Å². The molecule has 0 bridgehead atoms. The van der Waals surface area contributed by atoms with E-state index in [0.29, 0.717) is 19.3 Å². The smallest absolute Gasteiger partial charge is 0.306 e. The highest BCUT2D eigenvalue weighted by atomic mass is 16.6. The molecule has 0 rings (SSSR count). The van der Waals surface area contributed by atoms with Crippen LogP contribution in [0.1, 0.15) is 245 Å². The third kappa shape index (κ3) is 39.4. The predicted octanol–water partition coefficient (Wildman–Crippen LogP) is 14.3. The summed E-state index contributed by atoms with van der Waals surface area (Å²) in [4.78, 5) is 37.5. The standard InChI is InChI=1S/C46H86O6/c1-4-7-10-13-16-18-20-21-22-23-24-26-27-30-33-36-39-45(48)51-42-43(41-50-44(47)38-35-32-29-15-12-9-6-3)52-46(49)40-37-34-31-28-25-19-17-14-11-8-5-2/h14,17,43H,4-13,15-16,18-42H2,1-3H3/b17-14-. The monoisotopic (exact) mass is 735 g/mol. The Morgan fingerprint density at radius 3 is 1.02 bits per heavy atom. The number of rotatable bonds is 41. The average Bonchev–Trinajstić information content (AvgIpc) is 3.14. The highest BCUT2D eigenvalue weighted by Gasteiger charge is 2.19. The maximum absolute atomic E-state index is 12.6. The van der Waals surface area contributed by atoms with Gasteiger partial charge in [-0.1, -0.05) is 200 Å². The lowest BCUT2D eigenvalue weighted by Gasteiger charge is -2.18. The molecule has 52 heavy (non-hydrogen) atoms. The fourth-order valence-corrected chi connectivity index (χ4v) is 6.54. The van der Waals surface area contributed by atoms with E-state index in [1.165, 1.54) is 141 Å². The van der Waals surface area contributed by atoms with Crippen molar-refractivity contribution in [1.82, 2.24) is 0 Å². The SMILES string of the molecule is CCCC/C=C\CCCCCCCC(=O)OC(COC(=O)CCCCCCCCC)COC(=O)CCCCCCCCCCCCCCCCCC. The molecule has 1 unspecified atom stereocenters. The van der Waals surface area contributed by atoms with Gasteiger partial charge < -0.3 is 14.2 Å². The van der Waals surface area contributed by atoms with Crippen LogP contribution in [0.3, 0.4) is 0 Å². The van der Waals surface area contributed by atoms with Gasteiger partial charge in [0.1, 0.15) is 13.2 Å². The summed E-state index contributed by atoms with van der Waals surface area (Å²) in [6.07, 6.45) is 43.5. The lowest BCUT2D eigenvalue weighted by atomic mass is 10.0. The summed E-state index contributed by atoms with van der Waals surface area (Å²) >= 11 is 0. The summed E-state index contributed by atoms with van der Waals surface area (Å²) in [5, 5.41) is 0. The fourth-order valence-electron chi connectivity index (χ4n) is 6.54. The fraction of sp³-hybridized carbons (Fsp3) is 0.891. The minimum atomic E-state index is -0.764. The van der Waals surface area contributed by atoms with Gasteiger partial charge in [0.05, 0.1) is 0 Å². The minimum Gasteiger partial charge on any atom is -0.462 e. The van der Waals surface area contributed by atoms with Crippen LogP contribution < -0.4 is 0 Å². The van der Waals surface area contributed by atoms with Gasteiger partial charge in [-0.15, -0.1) is 0 Å². The molecular formula is C46H86O6. The Balaban J connectivity index is 4.24. The van der Waals surface area contributed by atoms with Crippen molar-refractivity contribution < 1.29 is 28.6 Å². The highest BCUT2D eigenvalue weighted by molar-refractivity contribution is 5.71. The maximum atomic E-state index is 12.6. The van der Waals surface area contributed by atoms with Gasteiger partial charge in [-0.25, -0.2) is 0 Å². The van der Waals surface area contributed by atoms with Gasteiger partial charge in [0.15, 0.2) is 6.10 Å². The lowest BCUT2D eigenvalue weighted by Crippen LogP contribution is -2.30. The number of carbonyl (C=O) groups excluding carboxylic acids is 3. The van der Waals surface area contributed by atoms with Gasteiger partial charge in [0.2, 0.25) is 0 Å². The first-order valence-corrected chi connectivity index (χ1v) is 22.7. The van der Waals surface area contributed by atoms with Crippen LogP contribution in [0.15, 0.2) is 12.2 Å². The van der Waals surface area contributed by atoms with E-state index in [0.717, 1.165) is 64.2 Å². The molecule has 0 aromatic carbocycles. The third-order valence-corrected chi connectivity index (χ3v) is 10.0. The molecular weight excluding hydrogens is 648 g/mol. The van der Waals surface area contributed by atoms with Gasteiger partial charge in [0, 0.05) is 19.3 Å². The molecule has 0 aliphatic rings. The van der Waals surface area contributed by atoms with Crippen LogP contribution in [0.5, 0.6) is 0 Å². The van der Waals surface area contributed by atoms with E-state index >= 15 is 0 Å². The zero-order valence-corrected chi connectivity index (χ0v) is 34.8. The van der Waals surface area contributed by atoms with E-state index in [4.69, 9.17) is 14.2 Å². The second-order valence-corrected chi connectivity index (χ2v) is 15.3. The van der Waals surface area contributed by atoms with Crippen LogP contribution in [0, 0.1) is 0 Å². The topological polar surface area (TPSA) is 78.9 Å². The quantitative estimate of drug-likeness (QED) is 0.0269. The number of hydrogen-bond donors (Lipinski definition) is 0. The van der Waals surface area contributed by atoms with Crippen molar-refractivity contribution in [3.63, 3.8) is 0 Å². The number of hydrogen-bond acceptors (Lipinski definition) is 6. The van der Waals surface area contributed by atoms with E-state index in [1.54, 1.807) is 0 Å². The molecule has 0 spiro atoms. The van der Waals surface area contributed by atoms with Crippen LogP contribution in [0.25, 0.3) is 0 Å². The molecule has 0 heterocycles. The van der Waals surface area contributed by atoms with Crippen molar-refractivity contribution in [3.05, 3.63) is 12.2 Å². The summed E-state index contributed by atoms with van der Waals surface area (Å²) in [5.74, 6) is -0.879. The molecule has 6 heteroatoms. The second kappa shape index (κ2) is 41.9. The first kappa shape index (κ1) is 50.1. The molecule has 0 N–H and O–H groups in total. The molecule has 0 aromatic heterocycles. The molecule has 0 aliphatic carbocycles. The number of esters is 3. The summed E-state index contributed by atoms with van der Waals surface area (Å²) in [6.45, 7) is 6.56. The van der Waals surface area contributed by atoms with E-state index in [-0.39, 0.29) is 31.1 Å². The van der Waals surface area contributed by atoms with Crippen LogP contribution in [-0.4, -0.2) is 37.2 Å². The maximum Gasteiger partial charge on any atom is 0.306 e. The molecule has 0 fully saturated rings. The van der Waals surface area contributed by atoms with Crippen LogP contribution in [-0.2, 0) is 28.6 Å². The Labute approximate surface area is 322 Å². The van der Waals surface area contributed by atoms with E-state index < -0.39 is 6.10 Å². The molecule has 0 aliphatic heterocycles. The van der Waals surface area contributed by atoms with Crippen LogP contribution in [0.4, 0.5) is 0 Å². The van der Waals surface area contributed by atoms with Gasteiger partial charge in [-0.2, -0.15) is 0 Å². The third-order valence-electron chi connectivity index (χ3n) is 10.0. The largest absolute Gasteiger partial charge is 0.462 e. The molecule has 0 saturated carbocycles. The average molecular weight is 735 g/mol. The van der Waals surface area contributed by atoms with Crippen LogP contribution >= 0.6 is 0 Å². The highest BCUT2D eigenvalue weighted by Crippen LogP contribution is 2.15. The normalized spacial score (nSPS) is 12.0. The second-order valence-electron chi connectivity index (χ2n) is 15.3. The van der Waals surface area contributed by atoms with Crippen molar-refractivity contribution in [3.8, 4) is 0 Å². The Hall–Kier alpha value is -1.85. The van der Waals surface area contributed by atoms with Gasteiger partial charge in [-0.05, 0) is 38.5 Å². The summed E-state index contributed by atoms with van der Waals surface area (Å²) in [6, 6.07) is 0. The van der Waals surface area contributed by atoms with Gasteiger partial charge >= 0.3 is 17.9 Å². The summed E-state index contributed by atoms with van der Waals surface area (Å²) in [7, 11) is 0. The Morgan fingerprint density at radius 2 is 0.654 bits per heavy atom. The zero-order valence-electron chi connectivity index (χ0n) is 34.8. The van der Waals surface area contributed by atoms with E-state index in [9.17, 15) is 14.4 Å². The van der Waals surface area contributed by atoms with Crippen molar-refractivity contribution in [1.29, 1.82) is 0 Å². The molecule has 0 aromatic rings. The molecule has 306 valence electrons. The molecule has 1 atom stereocenters. The Bertz CT molecular complexity index is 809. The molecule has 0 saturated heterocycles. The summed E-state index contributed by atoms with van der Waals surface area (Å²) < 4.78 is 16.6. The van der Waals surface area contributed by atoms with Crippen molar-refractivity contribution in [2.75, 3.05) is 13.2 Å². The van der Waals surface area contributed by atoms with Crippen molar-refractivity contribution in [2.24, 2.45) is 0 Å². The van der Waals surface area contributed by atoms with Crippen LogP contribution in [0.2, 0.25) is 0 Å². The van der Waals surface area contributed by atoms with Crippen molar-refractivity contribution in [2.45, 2.75) is 252 Å². The van der Waals surface area contributed by atoms with Crippen molar-refractivity contribution >= 4 is 17.9 Å². The number of carbonyl (C=O) groups is 3. The Morgan fingerprint density at radius 1 is 0.365 bits per heavy atom. The zero-order chi connectivity index (χ0) is 38.0. The number of unbranched alkanes of at least 4 members (excludes halogenated alkanes) is 28. The number of ether oxygens (including phenoxy) is 3. The summed E-state index contributed by atoms with van der Waals surface area (Å²) in [5.41, 5.74) is 0.